The molecular weight excluding hydrogens is 413 g/mol. The van der Waals surface area contributed by atoms with E-state index in [2.05, 4.69) is 0 Å². The van der Waals surface area contributed by atoms with Gasteiger partial charge in [-0.3, -0.25) is 4.79 Å². The van der Waals surface area contributed by atoms with E-state index in [-0.39, 0.29) is 17.9 Å². The van der Waals surface area contributed by atoms with Crippen molar-refractivity contribution in [2.45, 2.75) is 52.0 Å². The summed E-state index contributed by atoms with van der Waals surface area (Å²) in [4.78, 5) is 38.4. The van der Waals surface area contributed by atoms with E-state index in [1.54, 1.807) is 33.8 Å². The lowest BCUT2D eigenvalue weighted by Crippen LogP contribution is -2.43. The molecular formula is C25H26FNO5. The summed E-state index contributed by atoms with van der Waals surface area (Å²) >= 11 is 0. The number of aryl methyl sites for hydroxylation is 1. The van der Waals surface area contributed by atoms with Gasteiger partial charge >= 0.3 is 12.1 Å². The average molecular weight is 439 g/mol. The van der Waals surface area contributed by atoms with Crippen molar-refractivity contribution in [2.75, 3.05) is 4.90 Å². The number of alkyl halides is 1. The summed E-state index contributed by atoms with van der Waals surface area (Å²) < 4.78 is 26.5. The first kappa shape index (κ1) is 23.2. The van der Waals surface area contributed by atoms with Crippen LogP contribution < -0.4 is 4.90 Å². The van der Waals surface area contributed by atoms with Crippen LogP contribution in [0, 0.1) is 6.92 Å². The normalized spacial score (nSPS) is 18.0. The van der Waals surface area contributed by atoms with Crippen molar-refractivity contribution >= 4 is 23.7 Å². The topological polar surface area (TPSA) is 72.9 Å². The van der Waals surface area contributed by atoms with Crippen LogP contribution in [0.3, 0.4) is 0 Å². The van der Waals surface area contributed by atoms with Crippen molar-refractivity contribution in [3.8, 4) is 0 Å². The summed E-state index contributed by atoms with van der Waals surface area (Å²) in [5, 5.41) is 0. The van der Waals surface area contributed by atoms with Gasteiger partial charge in [0.2, 0.25) is 5.67 Å². The SMILES string of the molecule is Cc1ccc2c(c1)[C@](F)(C/C=C/C(=O)OCc1ccccc1)C(=O)N2C(=O)OC(C)(C)C. The molecule has 0 aliphatic carbocycles. The summed E-state index contributed by atoms with van der Waals surface area (Å²) in [7, 11) is 0. The van der Waals surface area contributed by atoms with Gasteiger partial charge in [-0.1, -0.05) is 54.1 Å². The molecule has 7 heteroatoms. The maximum absolute atomic E-state index is 16.0. The van der Waals surface area contributed by atoms with E-state index in [4.69, 9.17) is 9.47 Å². The first-order chi connectivity index (χ1) is 15.0. The van der Waals surface area contributed by atoms with Crippen LogP contribution in [0.5, 0.6) is 0 Å². The number of amides is 2. The number of esters is 1. The van der Waals surface area contributed by atoms with E-state index < -0.39 is 35.7 Å². The third-order valence-electron chi connectivity index (χ3n) is 4.82. The van der Waals surface area contributed by atoms with Crippen molar-refractivity contribution in [3.05, 3.63) is 77.4 Å². The molecule has 2 aromatic rings. The molecule has 2 amide bonds. The summed E-state index contributed by atoms with van der Waals surface area (Å²) in [5.41, 5.74) is -1.61. The first-order valence-electron chi connectivity index (χ1n) is 10.3. The molecule has 1 aliphatic rings. The molecule has 0 saturated heterocycles. The van der Waals surface area contributed by atoms with E-state index >= 15 is 4.39 Å². The molecule has 1 heterocycles. The smallest absolute Gasteiger partial charge is 0.421 e. The van der Waals surface area contributed by atoms with Crippen LogP contribution in [-0.4, -0.2) is 23.6 Å². The lowest BCUT2D eigenvalue weighted by Gasteiger charge is -2.24. The van der Waals surface area contributed by atoms with E-state index in [9.17, 15) is 14.4 Å². The second kappa shape index (κ2) is 8.94. The lowest BCUT2D eigenvalue weighted by molar-refractivity contribution is -0.139. The van der Waals surface area contributed by atoms with Gasteiger partial charge in [0.1, 0.15) is 12.2 Å². The van der Waals surface area contributed by atoms with E-state index in [1.807, 2.05) is 30.3 Å². The van der Waals surface area contributed by atoms with Gasteiger partial charge in [0.05, 0.1) is 5.69 Å². The summed E-state index contributed by atoms with van der Waals surface area (Å²) in [6.45, 7) is 6.83. The fraction of sp³-hybridized carbons (Fsp3) is 0.320. The Balaban J connectivity index is 1.77. The van der Waals surface area contributed by atoms with Gasteiger partial charge in [0.25, 0.3) is 5.91 Å². The lowest BCUT2D eigenvalue weighted by atomic mass is 9.92. The van der Waals surface area contributed by atoms with Crippen LogP contribution in [0.25, 0.3) is 0 Å². The minimum absolute atomic E-state index is 0.0654. The highest BCUT2D eigenvalue weighted by atomic mass is 19.1. The van der Waals surface area contributed by atoms with Crippen LogP contribution in [0.15, 0.2) is 60.7 Å². The van der Waals surface area contributed by atoms with Crippen LogP contribution in [0.1, 0.15) is 43.9 Å². The highest BCUT2D eigenvalue weighted by Crippen LogP contribution is 2.46. The Morgan fingerprint density at radius 1 is 1.12 bits per heavy atom. The number of fused-ring (bicyclic) bond motifs is 1. The molecule has 2 aromatic carbocycles. The molecule has 1 atom stereocenters. The Labute approximate surface area is 186 Å². The van der Waals surface area contributed by atoms with E-state index in [0.717, 1.165) is 22.1 Å². The summed E-state index contributed by atoms with van der Waals surface area (Å²) in [5.74, 6) is -1.70. The van der Waals surface area contributed by atoms with Gasteiger partial charge in [-0.15, -0.1) is 0 Å². The third-order valence-corrected chi connectivity index (χ3v) is 4.82. The number of hydrogen-bond donors (Lipinski definition) is 0. The maximum Gasteiger partial charge on any atom is 0.421 e. The summed E-state index contributed by atoms with van der Waals surface area (Å²) in [6, 6.07) is 13.9. The highest BCUT2D eigenvalue weighted by Gasteiger charge is 2.54. The van der Waals surface area contributed by atoms with Crippen molar-refractivity contribution in [2.24, 2.45) is 0 Å². The number of imide groups is 1. The molecule has 1 aliphatic heterocycles. The van der Waals surface area contributed by atoms with Crippen LogP contribution >= 0.6 is 0 Å². The highest BCUT2D eigenvalue weighted by molar-refractivity contribution is 6.20. The monoisotopic (exact) mass is 439 g/mol. The quantitative estimate of drug-likeness (QED) is 0.477. The number of allylic oxidation sites excluding steroid dienone is 1. The molecule has 32 heavy (non-hydrogen) atoms. The van der Waals surface area contributed by atoms with Gasteiger partial charge in [-0.05, 0) is 39.3 Å². The first-order valence-corrected chi connectivity index (χ1v) is 10.3. The van der Waals surface area contributed by atoms with Gasteiger partial charge in [-0.2, -0.15) is 0 Å². The molecule has 0 bridgehead atoms. The molecule has 0 spiro atoms. The number of halogens is 1. The Hall–Kier alpha value is -3.48. The standard InChI is InChI=1S/C25H26FNO5/c1-17-12-13-20-19(15-17)25(26,22(29)27(20)23(30)32-24(2,3)4)14-8-11-21(28)31-16-18-9-6-5-7-10-18/h5-13,15H,14,16H2,1-4H3/b11-8+/t25-/m1/s1. The number of nitrogens with zero attached hydrogens (tertiary/aromatic N) is 1. The number of carbonyl (C=O) groups excluding carboxylic acids is 3. The van der Waals surface area contributed by atoms with Crippen LogP contribution in [0.4, 0.5) is 14.9 Å². The second-order valence-electron chi connectivity index (χ2n) is 8.64. The molecule has 3 rings (SSSR count). The molecule has 6 nitrogen and oxygen atoms in total. The van der Waals surface area contributed by atoms with Gasteiger partial charge in [0, 0.05) is 18.1 Å². The maximum atomic E-state index is 16.0. The van der Waals surface area contributed by atoms with E-state index in [1.165, 1.54) is 18.2 Å². The van der Waals surface area contributed by atoms with Crippen molar-refractivity contribution in [1.29, 1.82) is 0 Å². The molecule has 0 saturated carbocycles. The molecule has 168 valence electrons. The molecule has 0 unspecified atom stereocenters. The number of anilines is 1. The summed E-state index contributed by atoms with van der Waals surface area (Å²) in [6.07, 6.45) is 0.958. The molecule has 0 fully saturated rings. The molecule has 0 N–H and O–H groups in total. The van der Waals surface area contributed by atoms with Crippen molar-refractivity contribution in [3.63, 3.8) is 0 Å². The fourth-order valence-electron chi connectivity index (χ4n) is 3.34. The van der Waals surface area contributed by atoms with Crippen LogP contribution in [0.2, 0.25) is 0 Å². The number of rotatable bonds is 5. The Morgan fingerprint density at radius 2 is 1.81 bits per heavy atom. The number of ether oxygens (including phenoxy) is 2. The van der Waals surface area contributed by atoms with Gasteiger partial charge in [-0.25, -0.2) is 18.9 Å². The number of benzene rings is 2. The van der Waals surface area contributed by atoms with E-state index in [0.29, 0.717) is 0 Å². The average Bonchev–Trinajstić information content (AvgIpc) is 2.93. The van der Waals surface area contributed by atoms with Crippen LogP contribution in [-0.2, 0) is 31.3 Å². The minimum atomic E-state index is -2.51. The zero-order valence-electron chi connectivity index (χ0n) is 18.6. The minimum Gasteiger partial charge on any atom is -0.458 e. The fourth-order valence-corrected chi connectivity index (χ4v) is 3.34. The predicted molar refractivity (Wildman–Crippen MR) is 118 cm³/mol. The van der Waals surface area contributed by atoms with Gasteiger partial charge in [0.15, 0.2) is 0 Å². The Morgan fingerprint density at radius 3 is 2.47 bits per heavy atom. The Bertz CT molecular complexity index is 1060. The molecule has 0 aromatic heterocycles. The zero-order valence-corrected chi connectivity index (χ0v) is 18.6. The van der Waals surface area contributed by atoms with Gasteiger partial charge < -0.3 is 9.47 Å². The van der Waals surface area contributed by atoms with Crippen molar-refractivity contribution in [1.82, 2.24) is 0 Å². The predicted octanol–water partition coefficient (Wildman–Crippen LogP) is 5.13. The number of hydrogen-bond acceptors (Lipinski definition) is 5. The Kier molecular flexibility index (Phi) is 6.48. The zero-order chi connectivity index (χ0) is 23.5. The third kappa shape index (κ3) is 5.04. The largest absolute Gasteiger partial charge is 0.458 e. The second-order valence-corrected chi connectivity index (χ2v) is 8.64. The van der Waals surface area contributed by atoms with Crippen molar-refractivity contribution < 1.29 is 28.2 Å². The molecule has 0 radical (unpaired) electrons. The number of carbonyl (C=O) groups is 3.